The largest absolute Gasteiger partial charge is 0.363 e. The molecule has 5 nitrogen and oxygen atoms in total. The second-order valence-corrected chi connectivity index (χ2v) is 10.9. The van der Waals surface area contributed by atoms with Gasteiger partial charge in [0.25, 0.3) is 0 Å². The summed E-state index contributed by atoms with van der Waals surface area (Å²) in [5, 5.41) is 10.0. The molecular weight excluding hydrogens is 477 g/mol. The molecule has 0 bridgehead atoms. The summed E-state index contributed by atoms with van der Waals surface area (Å²) in [6, 6.07) is 21.9. The summed E-state index contributed by atoms with van der Waals surface area (Å²) in [6.07, 6.45) is 0.670. The number of hydrogen-bond donors (Lipinski definition) is 0. The molecule has 1 atom stereocenters. The van der Waals surface area contributed by atoms with Gasteiger partial charge in [0.2, 0.25) is 10.0 Å². The summed E-state index contributed by atoms with van der Waals surface area (Å²) in [5.74, 6) is 0. The van der Waals surface area contributed by atoms with Crippen LogP contribution in [0.1, 0.15) is 23.1 Å². The predicted molar refractivity (Wildman–Crippen MR) is 132 cm³/mol. The molecule has 0 spiro atoms. The van der Waals surface area contributed by atoms with Gasteiger partial charge in [-0.2, -0.15) is 9.57 Å². The normalized spacial score (nSPS) is 16.5. The second-order valence-electron chi connectivity index (χ2n) is 8.09. The van der Waals surface area contributed by atoms with E-state index >= 15 is 0 Å². The zero-order valence-corrected chi connectivity index (χ0v) is 20.4. The number of halogens is 2. The molecule has 0 radical (unpaired) electrons. The summed E-state index contributed by atoms with van der Waals surface area (Å²) in [6.45, 7) is 3.42. The molecule has 33 heavy (non-hydrogen) atoms. The summed E-state index contributed by atoms with van der Waals surface area (Å²) < 4.78 is 28.0. The van der Waals surface area contributed by atoms with Gasteiger partial charge >= 0.3 is 0 Å². The minimum atomic E-state index is -3.66. The number of aryl methyl sites for hydroxylation is 1. The van der Waals surface area contributed by atoms with Gasteiger partial charge in [-0.05, 0) is 60.9 Å². The van der Waals surface area contributed by atoms with E-state index in [4.69, 9.17) is 23.2 Å². The van der Waals surface area contributed by atoms with Crippen molar-refractivity contribution in [1.82, 2.24) is 4.31 Å². The Kier molecular flexibility index (Phi) is 6.96. The summed E-state index contributed by atoms with van der Waals surface area (Å²) in [4.78, 5) is 2.38. The number of hydrogen-bond acceptors (Lipinski definition) is 4. The standard InChI is InChI=1S/C25H23Cl2N3O2S/c1-18-5-2-3-6-20(18)16-30(22-10-9-19(15-28)25(27)14-22)23-11-12-29(17-23)33(31,32)24-8-4-7-21(26)13-24/h2-10,13-14,23H,11-12,16-17H2,1H3/t23-/m0/s1. The average molecular weight is 500 g/mol. The quantitative estimate of drug-likeness (QED) is 0.439. The second kappa shape index (κ2) is 9.74. The van der Waals surface area contributed by atoms with Crippen LogP contribution in [0.5, 0.6) is 0 Å². The molecule has 0 amide bonds. The lowest BCUT2D eigenvalue weighted by Gasteiger charge is -2.32. The first-order valence-corrected chi connectivity index (χ1v) is 12.8. The zero-order valence-electron chi connectivity index (χ0n) is 18.1. The van der Waals surface area contributed by atoms with E-state index in [0.717, 1.165) is 16.8 Å². The van der Waals surface area contributed by atoms with Gasteiger partial charge in [-0.1, -0.05) is 53.5 Å². The number of nitriles is 1. The van der Waals surface area contributed by atoms with Gasteiger partial charge in [0.05, 0.1) is 15.5 Å². The number of nitrogens with zero attached hydrogens (tertiary/aromatic N) is 3. The average Bonchev–Trinajstić information content (AvgIpc) is 3.29. The lowest BCUT2D eigenvalue weighted by molar-refractivity contribution is 0.468. The Bertz CT molecular complexity index is 1320. The van der Waals surface area contributed by atoms with Crippen LogP contribution in [-0.4, -0.2) is 31.9 Å². The van der Waals surface area contributed by atoms with E-state index in [1.807, 2.05) is 18.2 Å². The number of anilines is 1. The van der Waals surface area contributed by atoms with Gasteiger partial charge in [0.1, 0.15) is 6.07 Å². The fourth-order valence-corrected chi connectivity index (χ4v) is 6.15. The zero-order chi connectivity index (χ0) is 23.6. The molecule has 0 N–H and O–H groups in total. The molecule has 0 aromatic heterocycles. The molecule has 0 aliphatic carbocycles. The minimum Gasteiger partial charge on any atom is -0.363 e. The summed E-state index contributed by atoms with van der Waals surface area (Å²) >= 11 is 12.4. The van der Waals surface area contributed by atoms with Crippen molar-refractivity contribution in [3.05, 3.63) is 93.5 Å². The van der Waals surface area contributed by atoms with Crippen molar-refractivity contribution in [2.75, 3.05) is 18.0 Å². The first kappa shape index (κ1) is 23.6. The lowest BCUT2D eigenvalue weighted by atomic mass is 10.1. The lowest BCUT2D eigenvalue weighted by Crippen LogP contribution is -2.38. The highest BCUT2D eigenvalue weighted by molar-refractivity contribution is 7.89. The first-order valence-electron chi connectivity index (χ1n) is 10.6. The smallest absolute Gasteiger partial charge is 0.243 e. The molecule has 3 aromatic rings. The Morgan fingerprint density at radius 2 is 1.88 bits per heavy atom. The summed E-state index contributed by atoms with van der Waals surface area (Å²) in [7, 11) is -3.66. The topological polar surface area (TPSA) is 64.4 Å². The van der Waals surface area contributed by atoms with E-state index in [2.05, 4.69) is 30.0 Å². The van der Waals surface area contributed by atoms with Crippen LogP contribution in [0.3, 0.4) is 0 Å². The third-order valence-electron chi connectivity index (χ3n) is 6.01. The highest BCUT2D eigenvalue weighted by Gasteiger charge is 2.35. The molecule has 1 aliphatic heterocycles. The maximum atomic E-state index is 13.2. The van der Waals surface area contributed by atoms with Crippen LogP contribution in [0.25, 0.3) is 0 Å². The van der Waals surface area contributed by atoms with Crippen molar-refractivity contribution in [2.45, 2.75) is 30.8 Å². The maximum absolute atomic E-state index is 13.2. The van der Waals surface area contributed by atoms with Gasteiger partial charge in [-0.15, -0.1) is 0 Å². The van der Waals surface area contributed by atoms with Crippen LogP contribution < -0.4 is 4.90 Å². The van der Waals surface area contributed by atoms with E-state index in [9.17, 15) is 13.7 Å². The Hall–Kier alpha value is -2.56. The molecular formula is C25H23Cl2N3O2S. The summed E-state index contributed by atoms with van der Waals surface area (Å²) in [5.41, 5.74) is 3.57. The Morgan fingerprint density at radius 1 is 1.09 bits per heavy atom. The maximum Gasteiger partial charge on any atom is 0.243 e. The van der Waals surface area contributed by atoms with Crippen molar-refractivity contribution in [1.29, 1.82) is 5.26 Å². The van der Waals surface area contributed by atoms with Crippen molar-refractivity contribution in [2.24, 2.45) is 0 Å². The van der Waals surface area contributed by atoms with Crippen LogP contribution in [0.2, 0.25) is 10.0 Å². The Balaban J connectivity index is 1.66. The first-order chi connectivity index (χ1) is 15.8. The van der Waals surface area contributed by atoms with Crippen LogP contribution in [0.15, 0.2) is 71.6 Å². The van der Waals surface area contributed by atoms with Crippen molar-refractivity contribution in [3.8, 4) is 6.07 Å². The molecule has 0 unspecified atom stereocenters. The molecule has 8 heteroatoms. The SMILES string of the molecule is Cc1ccccc1CN(c1ccc(C#N)c(Cl)c1)[C@H]1CCN(S(=O)(=O)c2cccc(Cl)c2)C1. The molecule has 3 aromatic carbocycles. The van der Waals surface area contributed by atoms with Crippen molar-refractivity contribution < 1.29 is 8.42 Å². The molecule has 1 saturated heterocycles. The highest BCUT2D eigenvalue weighted by Crippen LogP contribution is 2.32. The Morgan fingerprint density at radius 3 is 2.58 bits per heavy atom. The van der Waals surface area contributed by atoms with Crippen molar-refractivity contribution in [3.63, 3.8) is 0 Å². The Labute approximate surface area is 204 Å². The fraction of sp³-hybridized carbons (Fsp3) is 0.240. The van der Waals surface area contributed by atoms with Gasteiger partial charge < -0.3 is 4.90 Å². The van der Waals surface area contributed by atoms with E-state index in [0.29, 0.717) is 41.7 Å². The van der Waals surface area contributed by atoms with Gasteiger partial charge in [-0.3, -0.25) is 0 Å². The van der Waals surface area contributed by atoms with Crippen LogP contribution in [0, 0.1) is 18.3 Å². The van der Waals surface area contributed by atoms with Gasteiger partial charge in [-0.25, -0.2) is 8.42 Å². The third kappa shape index (κ3) is 5.02. The predicted octanol–water partition coefficient (Wildman–Crippen LogP) is 5.64. The van der Waals surface area contributed by atoms with Crippen molar-refractivity contribution >= 4 is 38.9 Å². The van der Waals surface area contributed by atoms with Gasteiger partial charge in [0, 0.05) is 36.4 Å². The number of sulfonamides is 1. The van der Waals surface area contributed by atoms with E-state index in [1.165, 1.54) is 10.4 Å². The fourth-order valence-electron chi connectivity index (χ4n) is 4.14. The molecule has 0 saturated carbocycles. The highest BCUT2D eigenvalue weighted by atomic mass is 35.5. The molecule has 170 valence electrons. The van der Waals surface area contributed by atoms with E-state index < -0.39 is 10.0 Å². The van der Waals surface area contributed by atoms with E-state index in [-0.39, 0.29) is 10.9 Å². The number of benzene rings is 3. The molecule has 1 fully saturated rings. The monoisotopic (exact) mass is 499 g/mol. The van der Waals surface area contributed by atoms with Crippen LogP contribution in [-0.2, 0) is 16.6 Å². The molecule has 4 rings (SSSR count). The number of rotatable bonds is 6. The minimum absolute atomic E-state index is 0.0532. The third-order valence-corrected chi connectivity index (χ3v) is 8.42. The van der Waals surface area contributed by atoms with Crippen LogP contribution in [0.4, 0.5) is 5.69 Å². The van der Waals surface area contributed by atoms with Gasteiger partial charge in [0.15, 0.2) is 0 Å². The van der Waals surface area contributed by atoms with E-state index in [1.54, 1.807) is 30.3 Å². The molecule has 1 aliphatic rings. The molecule has 1 heterocycles. The van der Waals surface area contributed by atoms with Crippen LogP contribution >= 0.6 is 23.2 Å².